The Morgan fingerprint density at radius 1 is 0.692 bits per heavy atom. The topological polar surface area (TPSA) is 0 Å². The zero-order valence-corrected chi connectivity index (χ0v) is 17.9. The Hall–Kier alpha value is -0.500. The first-order chi connectivity index (χ1) is 12.7. The molecule has 0 amide bonds. The fourth-order valence-electron chi connectivity index (χ4n) is 3.55. The van der Waals surface area contributed by atoms with Crippen molar-refractivity contribution < 1.29 is 4.39 Å². The Kier molecular flexibility index (Phi) is 15.1. The molecule has 1 unspecified atom stereocenters. The van der Waals surface area contributed by atoms with Gasteiger partial charge in [-0.05, 0) is 24.1 Å². The average Bonchev–Trinajstić information content (AvgIpc) is 2.64. The second-order valence-corrected chi connectivity index (χ2v) is 8.37. The first-order valence-electron chi connectivity index (χ1n) is 11.1. The van der Waals surface area contributed by atoms with E-state index in [0.29, 0.717) is 12.8 Å². The van der Waals surface area contributed by atoms with Gasteiger partial charge in [0, 0.05) is 11.3 Å². The molecule has 0 aliphatic rings. The van der Waals surface area contributed by atoms with Gasteiger partial charge >= 0.3 is 0 Å². The molecule has 0 nitrogen and oxygen atoms in total. The minimum atomic E-state index is -0.696. The summed E-state index contributed by atoms with van der Waals surface area (Å²) in [5.74, 6) is 0. The first kappa shape index (κ1) is 23.5. The smallest absolute Gasteiger partial charge is 0.104 e. The molecule has 0 bridgehead atoms. The van der Waals surface area contributed by atoms with Gasteiger partial charge in [0.25, 0.3) is 0 Å². The van der Waals surface area contributed by atoms with Crippen LogP contribution in [0.4, 0.5) is 4.39 Å². The monoisotopic (exact) mass is 380 g/mol. The largest absolute Gasteiger partial charge is 0.247 e. The van der Waals surface area contributed by atoms with Crippen LogP contribution in [-0.2, 0) is 6.42 Å². The van der Waals surface area contributed by atoms with Crippen molar-refractivity contribution in [3.05, 3.63) is 29.8 Å². The summed E-state index contributed by atoms with van der Waals surface area (Å²) in [6, 6.07) is 7.86. The first-order valence-corrected chi connectivity index (χ1v) is 11.6. The van der Waals surface area contributed by atoms with Crippen molar-refractivity contribution in [3.8, 4) is 0 Å². The van der Waals surface area contributed by atoms with Crippen LogP contribution in [0.15, 0.2) is 29.2 Å². The number of hydrogen-bond acceptors (Lipinski definition) is 1. The molecular weight excluding hydrogens is 339 g/mol. The Labute approximate surface area is 167 Å². The SMILES string of the molecule is CCCCCCCCCCCCCCCCC(F)Cc1ccc(S)cc1. The van der Waals surface area contributed by atoms with E-state index in [0.717, 1.165) is 16.9 Å². The highest BCUT2D eigenvalue weighted by Crippen LogP contribution is 2.17. The highest BCUT2D eigenvalue weighted by molar-refractivity contribution is 7.80. The summed E-state index contributed by atoms with van der Waals surface area (Å²) in [6.07, 6.45) is 19.4. The Bertz CT molecular complexity index is 415. The van der Waals surface area contributed by atoms with E-state index in [1.165, 1.54) is 83.5 Å². The second-order valence-electron chi connectivity index (χ2n) is 7.85. The lowest BCUT2D eigenvalue weighted by molar-refractivity contribution is 0.302. The molecule has 26 heavy (non-hydrogen) atoms. The van der Waals surface area contributed by atoms with Crippen molar-refractivity contribution in [2.24, 2.45) is 0 Å². The van der Waals surface area contributed by atoms with Gasteiger partial charge in [-0.3, -0.25) is 0 Å². The van der Waals surface area contributed by atoms with E-state index in [2.05, 4.69) is 19.6 Å². The van der Waals surface area contributed by atoms with Gasteiger partial charge in [0.05, 0.1) is 0 Å². The summed E-state index contributed by atoms with van der Waals surface area (Å²) in [5.41, 5.74) is 1.08. The van der Waals surface area contributed by atoms with Gasteiger partial charge in [-0.1, -0.05) is 109 Å². The second kappa shape index (κ2) is 16.7. The third kappa shape index (κ3) is 13.7. The number of alkyl halides is 1. The number of benzene rings is 1. The Balaban J connectivity index is 1.82. The standard InChI is InChI=1S/C24H41FS/c1-2-3-4-5-6-7-8-9-10-11-12-13-14-15-16-23(25)21-22-17-19-24(26)20-18-22/h17-20,23,26H,2-16,21H2,1H3. The Morgan fingerprint density at radius 3 is 1.58 bits per heavy atom. The van der Waals surface area contributed by atoms with Crippen LogP contribution in [0.5, 0.6) is 0 Å². The zero-order chi connectivity index (χ0) is 18.9. The summed E-state index contributed by atoms with van der Waals surface area (Å²) in [7, 11) is 0. The van der Waals surface area contributed by atoms with Crippen molar-refractivity contribution in [1.29, 1.82) is 0 Å². The number of halogens is 1. The van der Waals surface area contributed by atoms with Gasteiger partial charge in [0.15, 0.2) is 0 Å². The molecule has 0 radical (unpaired) electrons. The number of rotatable bonds is 17. The molecule has 0 saturated carbocycles. The molecular formula is C24H41FS. The molecule has 0 aromatic heterocycles. The van der Waals surface area contributed by atoms with Crippen LogP contribution >= 0.6 is 12.6 Å². The quantitative estimate of drug-likeness (QED) is 0.203. The molecule has 2 heteroatoms. The van der Waals surface area contributed by atoms with E-state index in [1.807, 2.05) is 24.3 Å². The van der Waals surface area contributed by atoms with Gasteiger partial charge < -0.3 is 0 Å². The van der Waals surface area contributed by atoms with E-state index >= 15 is 0 Å². The van der Waals surface area contributed by atoms with Gasteiger partial charge in [-0.2, -0.15) is 0 Å². The lowest BCUT2D eigenvalue weighted by Crippen LogP contribution is -2.04. The van der Waals surface area contributed by atoms with Gasteiger partial charge in [0.2, 0.25) is 0 Å². The third-order valence-electron chi connectivity index (χ3n) is 5.26. The van der Waals surface area contributed by atoms with Crippen molar-refractivity contribution in [2.75, 3.05) is 0 Å². The molecule has 1 atom stereocenters. The maximum absolute atomic E-state index is 14.0. The van der Waals surface area contributed by atoms with Crippen molar-refractivity contribution in [3.63, 3.8) is 0 Å². The molecule has 0 fully saturated rings. The minimum absolute atomic E-state index is 0.548. The summed E-state index contributed by atoms with van der Waals surface area (Å²) in [4.78, 5) is 0.941. The van der Waals surface area contributed by atoms with Gasteiger partial charge in [-0.25, -0.2) is 4.39 Å². The predicted octanol–water partition coefficient (Wildman–Crippen LogP) is 8.73. The molecule has 1 rings (SSSR count). The van der Waals surface area contributed by atoms with Crippen LogP contribution in [-0.4, -0.2) is 6.17 Å². The highest BCUT2D eigenvalue weighted by Gasteiger charge is 2.07. The maximum atomic E-state index is 14.0. The molecule has 0 N–H and O–H groups in total. The van der Waals surface area contributed by atoms with Gasteiger partial charge in [-0.15, -0.1) is 12.6 Å². The fraction of sp³-hybridized carbons (Fsp3) is 0.750. The van der Waals surface area contributed by atoms with Crippen LogP contribution < -0.4 is 0 Å². The molecule has 0 spiro atoms. The van der Waals surface area contributed by atoms with E-state index in [-0.39, 0.29) is 0 Å². The van der Waals surface area contributed by atoms with Crippen molar-refractivity contribution >= 4 is 12.6 Å². The zero-order valence-electron chi connectivity index (χ0n) is 17.0. The van der Waals surface area contributed by atoms with Crippen molar-refractivity contribution in [2.45, 2.75) is 121 Å². The maximum Gasteiger partial charge on any atom is 0.104 e. The summed E-state index contributed by atoms with van der Waals surface area (Å²) in [5, 5.41) is 0. The van der Waals surface area contributed by atoms with Crippen LogP contribution in [0.2, 0.25) is 0 Å². The van der Waals surface area contributed by atoms with E-state index in [1.54, 1.807) is 0 Å². The lowest BCUT2D eigenvalue weighted by Gasteiger charge is -2.08. The molecule has 1 aromatic carbocycles. The molecule has 0 saturated heterocycles. The molecule has 150 valence electrons. The van der Waals surface area contributed by atoms with E-state index in [4.69, 9.17) is 0 Å². The van der Waals surface area contributed by atoms with E-state index < -0.39 is 6.17 Å². The number of hydrogen-bond donors (Lipinski definition) is 1. The van der Waals surface area contributed by atoms with E-state index in [9.17, 15) is 4.39 Å². The average molecular weight is 381 g/mol. The minimum Gasteiger partial charge on any atom is -0.247 e. The molecule has 0 heterocycles. The van der Waals surface area contributed by atoms with Crippen LogP contribution in [0, 0.1) is 0 Å². The third-order valence-corrected chi connectivity index (χ3v) is 5.56. The van der Waals surface area contributed by atoms with Crippen LogP contribution in [0.3, 0.4) is 0 Å². The van der Waals surface area contributed by atoms with Crippen LogP contribution in [0.25, 0.3) is 0 Å². The van der Waals surface area contributed by atoms with Crippen LogP contribution in [0.1, 0.15) is 109 Å². The number of unbranched alkanes of at least 4 members (excludes halogenated alkanes) is 13. The predicted molar refractivity (Wildman–Crippen MR) is 117 cm³/mol. The summed E-state index contributed by atoms with van der Waals surface area (Å²) >= 11 is 4.26. The van der Waals surface area contributed by atoms with Gasteiger partial charge in [0.1, 0.15) is 6.17 Å². The Morgan fingerprint density at radius 2 is 1.12 bits per heavy atom. The fourth-order valence-corrected chi connectivity index (χ4v) is 3.70. The number of thiol groups is 1. The molecule has 0 aliphatic carbocycles. The summed E-state index contributed by atoms with van der Waals surface area (Å²) < 4.78 is 14.0. The summed E-state index contributed by atoms with van der Waals surface area (Å²) in [6.45, 7) is 2.28. The lowest BCUT2D eigenvalue weighted by atomic mass is 10.0. The highest BCUT2D eigenvalue weighted by atomic mass is 32.1. The molecule has 0 aliphatic heterocycles. The van der Waals surface area contributed by atoms with Crippen molar-refractivity contribution in [1.82, 2.24) is 0 Å². The molecule has 1 aromatic rings. The normalized spacial score (nSPS) is 12.4.